The highest BCUT2D eigenvalue weighted by Crippen LogP contribution is 2.44. The fourth-order valence-electron chi connectivity index (χ4n) is 10.1. The topological polar surface area (TPSA) is 149 Å². The van der Waals surface area contributed by atoms with Crippen molar-refractivity contribution >= 4 is 23.2 Å². The van der Waals surface area contributed by atoms with Gasteiger partial charge in [0.2, 0.25) is 0 Å². The molecule has 10 rings (SSSR count). The van der Waals surface area contributed by atoms with Crippen molar-refractivity contribution in [2.24, 2.45) is 14.1 Å². The maximum atomic E-state index is 14.1. The summed E-state index contributed by atoms with van der Waals surface area (Å²) in [7, 11) is 3.74. The number of rotatable bonds is 12. The van der Waals surface area contributed by atoms with Crippen molar-refractivity contribution in [1.82, 2.24) is 39.3 Å². The van der Waals surface area contributed by atoms with E-state index in [0.29, 0.717) is 61.5 Å². The number of nitrogens with zero attached hydrogens (tertiary/aromatic N) is 10. The third-order valence-corrected chi connectivity index (χ3v) is 14.7. The molecule has 0 bridgehead atoms. The number of amides is 2. The predicted molar refractivity (Wildman–Crippen MR) is 255 cm³/mol. The first-order valence-electron chi connectivity index (χ1n) is 23.9. The van der Waals surface area contributed by atoms with Gasteiger partial charge >= 0.3 is 12.4 Å². The lowest BCUT2D eigenvalue weighted by atomic mass is 9.94. The number of benzene rings is 4. The van der Waals surface area contributed by atoms with E-state index >= 15 is 0 Å². The molecule has 0 saturated carbocycles. The van der Waals surface area contributed by atoms with Crippen LogP contribution in [-0.4, -0.2) is 99.7 Å². The largest absolute Gasteiger partial charge is 0.416 e. The number of halogens is 6. The summed E-state index contributed by atoms with van der Waals surface area (Å²) in [5.41, 5.74) is 2.53. The zero-order chi connectivity index (χ0) is 51.6. The fourth-order valence-corrected chi connectivity index (χ4v) is 10.1. The van der Waals surface area contributed by atoms with Gasteiger partial charge in [-0.2, -0.15) is 26.3 Å². The lowest BCUT2D eigenvalue weighted by molar-refractivity contribution is -0.139. The van der Waals surface area contributed by atoms with Gasteiger partial charge in [0.05, 0.1) is 36.4 Å². The standard InChI is InChI=1S/2C26H28F3N5O2/c2*1-15(7-24-31-30-14-32(24)3)17-5-4-6-19(8-17)34-13-22-21(25(34)36)9-18(10-23(22)26(27,28)29)16(2)33-11-20(35)12-33/h2*4-6,8-10,14-16,20,35H,7,11-13H2,1-3H3/t15-,16+;15-,16-/m11/s1. The first-order valence-corrected chi connectivity index (χ1v) is 23.9. The highest BCUT2D eigenvalue weighted by Gasteiger charge is 2.44. The second kappa shape index (κ2) is 19.5. The van der Waals surface area contributed by atoms with Gasteiger partial charge in [0.25, 0.3) is 11.8 Å². The molecule has 2 fully saturated rings. The SMILES string of the molecule is C[C@H](Cc1nncn1C)c1cccc(N2Cc3c(cc([C@@H](C)N4CC(O)C4)cc3C(F)(F)F)C2=O)c1.C[C@H](Cc1nncn1C)c1cccc(N2Cc3c(cc([C@H](C)N4CC(O)C4)cc3C(F)(F)F)C2=O)c1. The van der Waals surface area contributed by atoms with Crippen molar-refractivity contribution < 1.29 is 46.1 Å². The third kappa shape index (κ3) is 10.0. The molecule has 14 nitrogen and oxygen atoms in total. The number of anilines is 2. The summed E-state index contributed by atoms with van der Waals surface area (Å²) in [6.07, 6.45) is -5.56. The second-order valence-corrected chi connectivity index (χ2v) is 19.7. The van der Waals surface area contributed by atoms with E-state index in [1.807, 2.05) is 83.3 Å². The van der Waals surface area contributed by atoms with E-state index in [2.05, 4.69) is 20.4 Å². The van der Waals surface area contributed by atoms with Gasteiger partial charge in [-0.05, 0) is 108 Å². The van der Waals surface area contributed by atoms with Crippen LogP contribution in [0.3, 0.4) is 0 Å². The third-order valence-electron chi connectivity index (χ3n) is 14.7. The van der Waals surface area contributed by atoms with E-state index in [1.165, 1.54) is 9.80 Å². The van der Waals surface area contributed by atoms with Crippen LogP contribution in [0.2, 0.25) is 0 Å². The molecule has 2 aromatic heterocycles. The van der Waals surface area contributed by atoms with Crippen molar-refractivity contribution in [2.75, 3.05) is 36.0 Å². The molecule has 4 aliphatic heterocycles. The van der Waals surface area contributed by atoms with Crippen LogP contribution in [0.25, 0.3) is 0 Å². The van der Waals surface area contributed by atoms with Crippen LogP contribution >= 0.6 is 0 Å². The Morgan fingerprint density at radius 3 is 1.26 bits per heavy atom. The van der Waals surface area contributed by atoms with Crippen molar-refractivity contribution in [1.29, 1.82) is 0 Å². The molecule has 72 heavy (non-hydrogen) atoms. The minimum atomic E-state index is -4.59. The van der Waals surface area contributed by atoms with Crippen LogP contribution in [-0.2, 0) is 52.4 Å². The van der Waals surface area contributed by atoms with E-state index in [1.54, 1.807) is 50.8 Å². The molecule has 6 heterocycles. The van der Waals surface area contributed by atoms with Crippen molar-refractivity contribution in [2.45, 2.75) is 102 Å². The monoisotopic (exact) mass is 998 g/mol. The van der Waals surface area contributed by atoms with Gasteiger partial charge in [-0.3, -0.25) is 19.4 Å². The molecular formula is C52H56F6N10O4. The number of fused-ring (bicyclic) bond motifs is 2. The molecule has 2 N–H and O–H groups in total. The normalized spacial score (nSPS) is 18.3. The number of hydrogen-bond acceptors (Lipinski definition) is 10. The molecule has 4 aromatic carbocycles. The highest BCUT2D eigenvalue weighted by molar-refractivity contribution is 6.11. The number of carbonyl (C=O) groups is 2. The van der Waals surface area contributed by atoms with Crippen molar-refractivity contribution in [3.63, 3.8) is 0 Å². The lowest BCUT2D eigenvalue weighted by Crippen LogP contribution is -2.51. The number of hydrogen-bond donors (Lipinski definition) is 2. The van der Waals surface area contributed by atoms with Crippen LogP contribution in [0, 0.1) is 0 Å². The molecule has 2 amide bonds. The van der Waals surface area contributed by atoms with E-state index in [4.69, 9.17) is 0 Å². The summed E-state index contributed by atoms with van der Waals surface area (Å²) in [6, 6.07) is 19.6. The van der Waals surface area contributed by atoms with Crippen molar-refractivity contribution in [3.05, 3.63) is 153 Å². The number of aromatic nitrogens is 6. The summed E-state index contributed by atoms with van der Waals surface area (Å²) in [5, 5.41) is 35.3. The average Bonchev–Trinajstić information content (AvgIpc) is 4.10. The average molecular weight is 999 g/mol. The van der Waals surface area contributed by atoms with E-state index < -0.39 is 47.5 Å². The Morgan fingerprint density at radius 2 is 0.944 bits per heavy atom. The van der Waals surface area contributed by atoms with Gasteiger partial charge in [-0.25, -0.2) is 0 Å². The van der Waals surface area contributed by atoms with Crippen LogP contribution in [0.15, 0.2) is 85.5 Å². The van der Waals surface area contributed by atoms with Gasteiger partial charge < -0.3 is 29.1 Å². The van der Waals surface area contributed by atoms with E-state index in [9.17, 15) is 46.1 Å². The zero-order valence-electron chi connectivity index (χ0n) is 40.7. The minimum Gasteiger partial charge on any atom is -0.390 e. The van der Waals surface area contributed by atoms with Gasteiger partial charge in [0, 0.05) is 87.7 Å². The second-order valence-electron chi connectivity index (χ2n) is 19.7. The molecule has 4 atom stereocenters. The Labute approximate surface area is 412 Å². The molecule has 4 aliphatic rings. The van der Waals surface area contributed by atoms with E-state index in [-0.39, 0.29) is 59.3 Å². The number of aliphatic hydroxyl groups is 2. The molecule has 380 valence electrons. The molecule has 6 aromatic rings. The van der Waals surface area contributed by atoms with Crippen LogP contribution in [0.1, 0.15) is 128 Å². The maximum Gasteiger partial charge on any atom is 0.416 e. The fraction of sp³-hybridized carbons (Fsp3) is 0.423. The lowest BCUT2D eigenvalue weighted by Gasteiger charge is -2.40. The van der Waals surface area contributed by atoms with E-state index in [0.717, 1.165) is 34.9 Å². The van der Waals surface area contributed by atoms with Gasteiger partial charge in [0.15, 0.2) is 0 Å². The molecule has 0 spiro atoms. The molecule has 0 unspecified atom stereocenters. The van der Waals surface area contributed by atoms with Crippen molar-refractivity contribution in [3.8, 4) is 0 Å². The Hall–Kier alpha value is -6.48. The highest BCUT2D eigenvalue weighted by atomic mass is 19.4. The molecule has 0 radical (unpaired) electrons. The molecule has 20 heteroatoms. The first kappa shape index (κ1) is 50.5. The summed E-state index contributed by atoms with van der Waals surface area (Å²) in [5.74, 6) is 0.904. The Balaban J connectivity index is 0.000000178. The van der Waals surface area contributed by atoms with Crippen LogP contribution < -0.4 is 9.80 Å². The summed E-state index contributed by atoms with van der Waals surface area (Å²) >= 11 is 0. The number of alkyl halides is 6. The Morgan fingerprint density at radius 1 is 0.569 bits per heavy atom. The number of likely N-dealkylation sites (tertiary alicyclic amines) is 2. The quantitative estimate of drug-likeness (QED) is 0.115. The number of β-amino-alcohol motifs (C(OH)–C–C–N with tert-alkyl or cyclic N) is 2. The number of carbonyl (C=O) groups excluding carboxylic acids is 2. The van der Waals surface area contributed by atoms with Gasteiger partial charge in [-0.15, -0.1) is 20.4 Å². The molecule has 2 saturated heterocycles. The van der Waals surface area contributed by atoms with Crippen LogP contribution in [0.4, 0.5) is 37.7 Å². The molecular weight excluding hydrogens is 943 g/mol. The van der Waals surface area contributed by atoms with Crippen LogP contribution in [0.5, 0.6) is 0 Å². The summed E-state index contributed by atoms with van der Waals surface area (Å²) < 4.78 is 88.2. The Kier molecular flexibility index (Phi) is 13.7. The zero-order valence-corrected chi connectivity index (χ0v) is 40.7. The summed E-state index contributed by atoms with van der Waals surface area (Å²) in [4.78, 5) is 33.5. The predicted octanol–water partition coefficient (Wildman–Crippen LogP) is 8.16. The van der Waals surface area contributed by atoms with Gasteiger partial charge in [0.1, 0.15) is 24.3 Å². The maximum absolute atomic E-state index is 14.1. The number of aliphatic hydroxyl groups excluding tert-OH is 2. The number of aryl methyl sites for hydroxylation is 2. The summed E-state index contributed by atoms with van der Waals surface area (Å²) in [6.45, 7) is 9.01. The Bertz CT molecular complexity index is 2800. The molecule has 0 aliphatic carbocycles. The minimum absolute atomic E-state index is 0.00429. The smallest absolute Gasteiger partial charge is 0.390 e. The first-order chi connectivity index (χ1) is 34.0. The van der Waals surface area contributed by atoms with Gasteiger partial charge in [-0.1, -0.05) is 38.1 Å².